The van der Waals surface area contributed by atoms with E-state index in [4.69, 9.17) is 9.29 Å². The molecule has 4 rings (SSSR count). The highest BCUT2D eigenvalue weighted by Crippen LogP contribution is 2.36. The number of benzene rings is 4. The third kappa shape index (κ3) is 10.4. The summed E-state index contributed by atoms with van der Waals surface area (Å²) in [5.74, 6) is -0.910. The van der Waals surface area contributed by atoms with Crippen LogP contribution in [0, 0.1) is 19.3 Å². The molecule has 47 heavy (non-hydrogen) atoms. The number of anilines is 1. The Kier molecular flexibility index (Phi) is 11.4. The van der Waals surface area contributed by atoms with Crippen LogP contribution in [0.25, 0.3) is 11.1 Å². The second-order valence-corrected chi connectivity index (χ2v) is 15.1. The van der Waals surface area contributed by atoms with Crippen molar-refractivity contribution in [3.05, 3.63) is 119 Å². The Morgan fingerprint density at radius 1 is 0.851 bits per heavy atom. The second-order valence-electron chi connectivity index (χ2n) is 13.5. The summed E-state index contributed by atoms with van der Waals surface area (Å²) in [5, 5.41) is 3.12. The maximum atomic E-state index is 14.0. The van der Waals surface area contributed by atoms with Gasteiger partial charge in [-0.3, -0.25) is 14.1 Å². The van der Waals surface area contributed by atoms with Gasteiger partial charge in [0, 0.05) is 17.7 Å². The highest BCUT2D eigenvalue weighted by molar-refractivity contribution is 7.85. The van der Waals surface area contributed by atoms with Gasteiger partial charge in [0.05, 0.1) is 18.3 Å². The maximum Gasteiger partial charge on any atom is 0.264 e. The number of rotatable bonds is 13. The van der Waals surface area contributed by atoms with Gasteiger partial charge in [-0.1, -0.05) is 100.0 Å². The molecule has 0 bridgehead atoms. The van der Waals surface area contributed by atoms with Crippen LogP contribution >= 0.6 is 0 Å². The number of hydrogen-bond donors (Lipinski definition) is 2. The van der Waals surface area contributed by atoms with E-state index in [9.17, 15) is 18.0 Å². The zero-order valence-electron chi connectivity index (χ0n) is 28.0. The van der Waals surface area contributed by atoms with Crippen LogP contribution in [0.15, 0.2) is 91.0 Å². The zero-order valence-corrected chi connectivity index (χ0v) is 28.9. The molecule has 0 saturated carbocycles. The number of carbonyl (C=O) groups is 2. The molecule has 0 aliphatic heterocycles. The summed E-state index contributed by atoms with van der Waals surface area (Å²) in [4.78, 5) is 26.6. The lowest BCUT2D eigenvalue weighted by molar-refractivity contribution is -0.118. The first-order valence-corrected chi connectivity index (χ1v) is 17.5. The summed E-state index contributed by atoms with van der Waals surface area (Å²) >= 11 is 0. The SMILES string of the molecule is Cc1ccc(-c2ccc(NC(=O)C(c3ccc(OCC(C)(C)C)cc3)C(C)c3ccc(C(=O)CCCS(=O)(=O)O)cc3)cc2)c(C)c1. The Hall–Kier alpha value is -4.27. The van der Waals surface area contributed by atoms with Crippen molar-refractivity contribution in [1.82, 2.24) is 0 Å². The Morgan fingerprint density at radius 2 is 1.47 bits per heavy atom. The predicted molar refractivity (Wildman–Crippen MR) is 189 cm³/mol. The summed E-state index contributed by atoms with van der Waals surface area (Å²) in [6.07, 6.45) is 0.0464. The molecule has 0 aliphatic carbocycles. The van der Waals surface area contributed by atoms with E-state index in [1.165, 1.54) is 11.1 Å². The summed E-state index contributed by atoms with van der Waals surface area (Å²) < 4.78 is 36.9. The molecule has 2 N–H and O–H groups in total. The fraction of sp³-hybridized carbons (Fsp3) is 0.333. The van der Waals surface area contributed by atoms with Gasteiger partial charge in [0.1, 0.15) is 5.75 Å². The quantitative estimate of drug-likeness (QED) is 0.110. The molecule has 0 radical (unpaired) electrons. The van der Waals surface area contributed by atoms with E-state index in [1.54, 1.807) is 12.1 Å². The molecule has 0 spiro atoms. The molecular weight excluding hydrogens is 610 g/mol. The zero-order chi connectivity index (χ0) is 34.4. The third-order valence-corrected chi connectivity index (χ3v) is 8.91. The Balaban J connectivity index is 1.56. The van der Waals surface area contributed by atoms with Crippen molar-refractivity contribution in [2.24, 2.45) is 5.41 Å². The van der Waals surface area contributed by atoms with Crippen molar-refractivity contribution in [2.75, 3.05) is 17.7 Å². The van der Waals surface area contributed by atoms with E-state index >= 15 is 0 Å². The molecule has 2 unspecified atom stereocenters. The largest absolute Gasteiger partial charge is 0.493 e. The van der Waals surface area contributed by atoms with Gasteiger partial charge in [-0.2, -0.15) is 8.42 Å². The third-order valence-electron chi connectivity index (χ3n) is 8.10. The molecule has 0 aromatic heterocycles. The van der Waals surface area contributed by atoms with Gasteiger partial charge in [-0.25, -0.2) is 0 Å². The van der Waals surface area contributed by atoms with Crippen LogP contribution in [-0.4, -0.2) is 37.0 Å². The monoisotopic (exact) mass is 655 g/mol. The average Bonchev–Trinajstić information content (AvgIpc) is 3.00. The average molecular weight is 656 g/mol. The lowest BCUT2D eigenvalue weighted by Crippen LogP contribution is -2.25. The van der Waals surface area contributed by atoms with Gasteiger partial charge in [-0.15, -0.1) is 0 Å². The summed E-state index contributed by atoms with van der Waals surface area (Å²) in [5.41, 5.74) is 7.47. The number of carbonyl (C=O) groups excluding carboxylic acids is 2. The van der Waals surface area contributed by atoms with Crippen molar-refractivity contribution in [3.63, 3.8) is 0 Å². The number of ether oxygens (including phenoxy) is 1. The summed E-state index contributed by atoms with van der Waals surface area (Å²) in [6, 6.07) is 28.9. The van der Waals surface area contributed by atoms with E-state index in [0.29, 0.717) is 17.9 Å². The number of Topliss-reactive ketones (excluding diaryl/α,β-unsaturated/α-hetero) is 1. The Morgan fingerprint density at radius 3 is 2.04 bits per heavy atom. The van der Waals surface area contributed by atoms with Crippen LogP contribution in [0.5, 0.6) is 5.75 Å². The fourth-order valence-corrected chi connectivity index (χ4v) is 6.06. The molecule has 4 aromatic carbocycles. The Labute approximate surface area is 279 Å². The highest BCUT2D eigenvalue weighted by atomic mass is 32.2. The van der Waals surface area contributed by atoms with E-state index in [2.05, 4.69) is 58.1 Å². The standard InChI is InChI=1S/C39H45NO6S/c1-26-9-22-35(27(2)24-26)30-14-18-33(19-15-30)40-38(42)37(32-16-20-34(21-17-32)46-25-39(4,5)6)28(3)29-10-12-31(13-11-29)36(41)8-7-23-47(43,44)45/h9-22,24,28,37H,7-8,23,25H2,1-6H3,(H,40,42)(H,43,44,45). The molecule has 1 amide bonds. The molecule has 4 aromatic rings. The second kappa shape index (κ2) is 15.1. The molecule has 0 saturated heterocycles. The number of ketones is 1. The van der Waals surface area contributed by atoms with E-state index in [0.717, 1.165) is 28.0 Å². The van der Waals surface area contributed by atoms with Crippen LogP contribution in [0.2, 0.25) is 0 Å². The molecule has 8 heteroatoms. The van der Waals surface area contributed by atoms with Crippen molar-refractivity contribution < 1.29 is 27.3 Å². The molecule has 0 aliphatic rings. The molecule has 2 atom stereocenters. The smallest absolute Gasteiger partial charge is 0.264 e. The summed E-state index contributed by atoms with van der Waals surface area (Å²) in [7, 11) is -4.12. The van der Waals surface area contributed by atoms with Gasteiger partial charge in [0.2, 0.25) is 5.91 Å². The number of nitrogens with one attached hydrogen (secondary N) is 1. The first-order chi connectivity index (χ1) is 22.1. The van der Waals surface area contributed by atoms with Gasteiger partial charge in [0.25, 0.3) is 10.1 Å². The van der Waals surface area contributed by atoms with Crippen molar-refractivity contribution in [3.8, 4) is 16.9 Å². The highest BCUT2D eigenvalue weighted by Gasteiger charge is 2.29. The minimum atomic E-state index is -4.12. The van der Waals surface area contributed by atoms with Gasteiger partial charge >= 0.3 is 0 Å². The van der Waals surface area contributed by atoms with Gasteiger partial charge in [0.15, 0.2) is 5.78 Å². The lowest BCUT2D eigenvalue weighted by atomic mass is 9.81. The molecule has 248 valence electrons. The van der Waals surface area contributed by atoms with Crippen LogP contribution in [0.4, 0.5) is 5.69 Å². The lowest BCUT2D eigenvalue weighted by Gasteiger charge is -2.25. The van der Waals surface area contributed by atoms with Crippen molar-refractivity contribution in [2.45, 2.75) is 66.2 Å². The van der Waals surface area contributed by atoms with Crippen LogP contribution < -0.4 is 10.1 Å². The first-order valence-electron chi connectivity index (χ1n) is 15.9. The van der Waals surface area contributed by atoms with E-state index in [-0.39, 0.29) is 35.9 Å². The minimum Gasteiger partial charge on any atom is -0.493 e. The minimum absolute atomic E-state index is 0.00558. The number of hydrogen-bond acceptors (Lipinski definition) is 5. The molecule has 0 fully saturated rings. The van der Waals surface area contributed by atoms with Gasteiger partial charge in [-0.05, 0) is 83.7 Å². The topological polar surface area (TPSA) is 110 Å². The van der Waals surface area contributed by atoms with Crippen molar-refractivity contribution >= 4 is 27.5 Å². The normalized spacial score (nSPS) is 13.1. The fourth-order valence-electron chi connectivity index (χ4n) is 5.55. The summed E-state index contributed by atoms with van der Waals surface area (Å²) in [6.45, 7) is 13.0. The molecule has 0 heterocycles. The first kappa shape index (κ1) is 35.6. The molecule has 7 nitrogen and oxygen atoms in total. The number of amides is 1. The van der Waals surface area contributed by atoms with E-state index in [1.807, 2.05) is 67.6 Å². The predicted octanol–water partition coefficient (Wildman–Crippen LogP) is 8.77. The molecular formula is C39H45NO6S. The van der Waals surface area contributed by atoms with Crippen LogP contribution in [0.3, 0.4) is 0 Å². The number of aryl methyl sites for hydroxylation is 2. The van der Waals surface area contributed by atoms with Crippen molar-refractivity contribution in [1.29, 1.82) is 0 Å². The van der Waals surface area contributed by atoms with Crippen LogP contribution in [0.1, 0.15) is 85.0 Å². The van der Waals surface area contributed by atoms with Crippen LogP contribution in [-0.2, 0) is 14.9 Å². The Bertz CT molecular complexity index is 1790. The van der Waals surface area contributed by atoms with Gasteiger partial charge < -0.3 is 10.1 Å². The van der Waals surface area contributed by atoms with E-state index < -0.39 is 21.8 Å². The maximum absolute atomic E-state index is 14.0.